The van der Waals surface area contributed by atoms with Crippen molar-refractivity contribution in [3.8, 4) is 0 Å². The van der Waals surface area contributed by atoms with E-state index >= 15 is 0 Å². The monoisotopic (exact) mass is 237 g/mol. The third kappa shape index (κ3) is 7.74. The van der Waals surface area contributed by atoms with Crippen LogP contribution in [0.2, 0.25) is 0 Å². The number of hydrogen-bond acceptors (Lipinski definition) is 4. The van der Waals surface area contributed by atoms with Crippen molar-refractivity contribution in [2.24, 2.45) is 0 Å². The first-order valence-electron chi connectivity index (χ1n) is 3.48. The van der Waals surface area contributed by atoms with Crippen molar-refractivity contribution in [1.29, 1.82) is 0 Å². The Morgan fingerprint density at radius 1 is 1.50 bits per heavy atom. The van der Waals surface area contributed by atoms with Crippen molar-refractivity contribution in [2.75, 3.05) is 13.1 Å². The highest BCUT2D eigenvalue weighted by Gasteiger charge is 1.91. The predicted octanol–water partition coefficient (Wildman–Crippen LogP) is -1.54. The van der Waals surface area contributed by atoms with Gasteiger partial charge in [-0.3, -0.25) is 0 Å². The predicted molar refractivity (Wildman–Crippen MR) is 37.7 cm³/mol. The fourth-order valence-electron chi connectivity index (χ4n) is 0.742. The van der Waals surface area contributed by atoms with E-state index in [2.05, 4.69) is 36.3 Å². The first-order chi connectivity index (χ1) is 5.66. The SMILES string of the molecule is CCN1C=CC=CC1.[O-][Br+2]([O-])O. The third-order valence-corrected chi connectivity index (χ3v) is 1.29. The first kappa shape index (κ1) is 11.6. The van der Waals surface area contributed by atoms with Gasteiger partial charge in [-0.2, -0.15) is 0 Å². The van der Waals surface area contributed by atoms with Crippen molar-refractivity contribution in [2.45, 2.75) is 6.92 Å². The molecule has 0 aliphatic carbocycles. The van der Waals surface area contributed by atoms with Gasteiger partial charge in [0.05, 0.1) is 0 Å². The number of hydrogen-bond donors (Lipinski definition) is 1. The van der Waals surface area contributed by atoms with Gasteiger partial charge >= 0.3 is 14.8 Å². The molecule has 0 fully saturated rings. The quantitative estimate of drug-likeness (QED) is 0.600. The molecule has 0 atom stereocenters. The van der Waals surface area contributed by atoms with Crippen molar-refractivity contribution in [3.05, 3.63) is 24.4 Å². The highest BCUT2D eigenvalue weighted by atomic mass is 80.0. The van der Waals surface area contributed by atoms with Gasteiger partial charge in [0, 0.05) is 13.1 Å². The van der Waals surface area contributed by atoms with Gasteiger partial charge in [0.2, 0.25) is 0 Å². The average Bonchev–Trinajstić information content (AvgIpc) is 2.05. The highest BCUT2D eigenvalue weighted by molar-refractivity contribution is 5.08. The number of allylic oxidation sites excluding steroid dienone is 2. The van der Waals surface area contributed by atoms with Crippen molar-refractivity contribution in [3.63, 3.8) is 0 Å². The molecule has 1 aliphatic heterocycles. The van der Waals surface area contributed by atoms with Crippen LogP contribution in [0.5, 0.6) is 0 Å². The van der Waals surface area contributed by atoms with E-state index in [0.717, 1.165) is 13.1 Å². The van der Waals surface area contributed by atoms with E-state index < -0.39 is 14.8 Å². The van der Waals surface area contributed by atoms with Crippen molar-refractivity contribution < 1.29 is 27.4 Å². The molecule has 0 amide bonds. The Labute approximate surface area is 77.3 Å². The lowest BCUT2D eigenvalue weighted by Crippen LogP contribution is -2.30. The van der Waals surface area contributed by atoms with Crippen LogP contribution in [0.15, 0.2) is 24.4 Å². The highest BCUT2D eigenvalue weighted by Crippen LogP contribution is 1.95. The van der Waals surface area contributed by atoms with Crippen LogP contribution in [0.1, 0.15) is 6.92 Å². The topological polar surface area (TPSA) is 69.6 Å². The maximum absolute atomic E-state index is 8.63. The van der Waals surface area contributed by atoms with Gasteiger partial charge in [0.25, 0.3) is 0 Å². The molecule has 1 N–H and O–H groups in total. The van der Waals surface area contributed by atoms with Crippen LogP contribution < -0.4 is 8.40 Å². The molecular formula is C7H12BrNO3. The van der Waals surface area contributed by atoms with E-state index in [1.54, 1.807) is 0 Å². The Balaban J connectivity index is 0.000000261. The van der Waals surface area contributed by atoms with Crippen LogP contribution in [0.4, 0.5) is 0 Å². The molecule has 1 rings (SSSR count). The van der Waals surface area contributed by atoms with Gasteiger partial charge in [0.15, 0.2) is 0 Å². The molecular weight excluding hydrogens is 226 g/mol. The summed E-state index contributed by atoms with van der Waals surface area (Å²) in [6, 6.07) is 0. The summed E-state index contributed by atoms with van der Waals surface area (Å²) in [7, 11) is 0. The Morgan fingerprint density at radius 2 is 2.08 bits per heavy atom. The largest absolute Gasteiger partial charge is 0.433 e. The number of likely N-dealkylation sites (N-methyl/N-ethyl adjacent to an activating group) is 1. The smallest absolute Gasteiger partial charge is 0.374 e. The molecule has 1 heterocycles. The Morgan fingerprint density at radius 3 is 2.33 bits per heavy atom. The minimum Gasteiger partial charge on any atom is -0.374 e. The van der Waals surface area contributed by atoms with Crippen LogP contribution in [-0.2, 0) is 0 Å². The maximum atomic E-state index is 8.63. The van der Waals surface area contributed by atoms with Crippen LogP contribution >= 0.6 is 0 Å². The summed E-state index contributed by atoms with van der Waals surface area (Å²) in [6.45, 7) is 4.34. The molecule has 0 bridgehead atoms. The summed E-state index contributed by atoms with van der Waals surface area (Å²) in [4.78, 5) is 2.25. The summed E-state index contributed by atoms with van der Waals surface area (Å²) in [5, 5.41) is 0. The average molecular weight is 238 g/mol. The molecule has 5 heteroatoms. The Bertz CT molecular complexity index is 156. The van der Waals surface area contributed by atoms with E-state index in [1.807, 2.05) is 0 Å². The van der Waals surface area contributed by atoms with Gasteiger partial charge in [-0.05, 0) is 23.4 Å². The zero-order valence-electron chi connectivity index (χ0n) is 6.81. The Kier molecular flexibility index (Phi) is 7.08. The molecule has 0 radical (unpaired) electrons. The zero-order valence-corrected chi connectivity index (χ0v) is 8.40. The lowest BCUT2D eigenvalue weighted by Gasteiger charge is -2.16. The summed E-state index contributed by atoms with van der Waals surface area (Å²) >= 11 is -3.40. The molecule has 70 valence electrons. The molecule has 0 aromatic carbocycles. The number of halogens is 1. The second-order valence-electron chi connectivity index (χ2n) is 2.06. The van der Waals surface area contributed by atoms with E-state index in [0.29, 0.717) is 0 Å². The van der Waals surface area contributed by atoms with Crippen LogP contribution in [0.25, 0.3) is 0 Å². The van der Waals surface area contributed by atoms with Crippen LogP contribution in [0.3, 0.4) is 0 Å². The molecule has 0 aromatic rings. The first-order valence-corrected chi connectivity index (χ1v) is 5.49. The van der Waals surface area contributed by atoms with Crippen molar-refractivity contribution >= 4 is 0 Å². The van der Waals surface area contributed by atoms with E-state index in [-0.39, 0.29) is 0 Å². The lowest BCUT2D eigenvalue weighted by atomic mass is 10.3. The van der Waals surface area contributed by atoms with Gasteiger partial charge in [0.1, 0.15) is 0 Å². The minimum absolute atomic E-state index is 1.08. The molecule has 0 spiro atoms. The maximum Gasteiger partial charge on any atom is 0.433 e. The standard InChI is InChI=1S/C7H11N.BrHO3/c1-2-8-6-4-3-5-7-8;2-1(3)4/h3-6H,2,7H2,1H3;2H. The minimum atomic E-state index is -3.40. The molecule has 4 nitrogen and oxygen atoms in total. The molecule has 0 saturated carbocycles. The fourth-order valence-corrected chi connectivity index (χ4v) is 0.742. The zero-order chi connectivity index (χ0) is 9.40. The molecule has 0 saturated heterocycles. The van der Waals surface area contributed by atoms with Crippen molar-refractivity contribution in [1.82, 2.24) is 4.90 Å². The van der Waals surface area contributed by atoms with Gasteiger partial charge < -0.3 is 13.3 Å². The summed E-state index contributed by atoms with van der Waals surface area (Å²) in [5.41, 5.74) is 0. The second-order valence-corrected chi connectivity index (χ2v) is 2.90. The van der Waals surface area contributed by atoms with Crippen LogP contribution in [-0.4, -0.2) is 22.2 Å². The summed E-state index contributed by atoms with van der Waals surface area (Å²) in [5.74, 6) is 0. The molecule has 12 heavy (non-hydrogen) atoms. The number of rotatable bonds is 1. The summed E-state index contributed by atoms with van der Waals surface area (Å²) in [6.07, 6.45) is 8.41. The Hall–Kier alpha value is -0.360. The van der Waals surface area contributed by atoms with Gasteiger partial charge in [-0.25, -0.2) is 0 Å². The van der Waals surface area contributed by atoms with E-state index in [4.69, 9.17) is 12.6 Å². The van der Waals surface area contributed by atoms with Gasteiger partial charge in [-0.15, -0.1) is 0 Å². The normalized spacial score (nSPS) is 14.6. The second kappa shape index (κ2) is 7.30. The summed E-state index contributed by atoms with van der Waals surface area (Å²) < 4.78 is 24.3. The van der Waals surface area contributed by atoms with Gasteiger partial charge in [-0.1, -0.05) is 12.2 Å². The van der Waals surface area contributed by atoms with E-state index in [1.165, 1.54) is 0 Å². The third-order valence-electron chi connectivity index (χ3n) is 1.29. The molecule has 0 aromatic heterocycles. The lowest BCUT2D eigenvalue weighted by molar-refractivity contribution is -1.63. The fraction of sp³-hybridized carbons (Fsp3) is 0.429. The number of nitrogens with zero attached hydrogens (tertiary/aromatic N) is 1. The molecule has 1 aliphatic rings. The van der Waals surface area contributed by atoms with E-state index in [9.17, 15) is 0 Å². The molecule has 0 unspecified atom stereocenters. The van der Waals surface area contributed by atoms with Crippen LogP contribution in [0, 0.1) is 14.8 Å².